The van der Waals surface area contributed by atoms with Crippen LogP contribution in [0, 0.1) is 11.6 Å². The monoisotopic (exact) mass is 295 g/mol. The van der Waals surface area contributed by atoms with Gasteiger partial charge in [0.05, 0.1) is 11.2 Å². The topological polar surface area (TPSA) is 41.6 Å². The van der Waals surface area contributed by atoms with Crippen molar-refractivity contribution in [2.75, 3.05) is 0 Å². The van der Waals surface area contributed by atoms with Gasteiger partial charge in [-0.25, -0.2) is 4.98 Å². The maximum Gasteiger partial charge on any atom is 0.133 e. The third-order valence-corrected chi connectivity index (χ3v) is 3.98. The molecule has 0 aliphatic rings. The molecule has 4 heteroatoms. The maximum absolute atomic E-state index is 5.39. The number of nitrogens with one attached hydrogen (secondary N) is 1. The number of aromatic amines is 1. The first-order valence-electron chi connectivity index (χ1n) is 7.14. The standard InChI is InChI=1S/C17H17N3S/c1-3-5-15-19-16(11(2)17(21)20-15)13-8-7-12-6-4-9-18-14(12)10-13/h4,6-10H,3,5H2,1-2H3,(H,19,20,21). The fourth-order valence-corrected chi connectivity index (χ4v) is 2.66. The van der Waals surface area contributed by atoms with Crippen molar-refractivity contribution < 1.29 is 0 Å². The van der Waals surface area contributed by atoms with Crippen molar-refractivity contribution in [2.45, 2.75) is 26.7 Å². The fraction of sp³-hybridized carbons (Fsp3) is 0.235. The van der Waals surface area contributed by atoms with E-state index in [4.69, 9.17) is 12.2 Å². The molecule has 21 heavy (non-hydrogen) atoms. The van der Waals surface area contributed by atoms with E-state index in [-0.39, 0.29) is 0 Å². The number of hydrogen-bond acceptors (Lipinski definition) is 3. The van der Waals surface area contributed by atoms with Gasteiger partial charge in [-0.3, -0.25) is 4.98 Å². The lowest BCUT2D eigenvalue weighted by atomic mass is 10.1. The minimum atomic E-state index is 0.674. The number of nitrogens with zero attached hydrogens (tertiary/aromatic N) is 2. The van der Waals surface area contributed by atoms with Crippen LogP contribution in [0.4, 0.5) is 0 Å². The smallest absolute Gasteiger partial charge is 0.133 e. The molecule has 106 valence electrons. The minimum Gasteiger partial charge on any atom is -0.343 e. The summed E-state index contributed by atoms with van der Waals surface area (Å²) in [5.41, 5.74) is 4.15. The lowest BCUT2D eigenvalue weighted by molar-refractivity contribution is 0.829. The number of H-pyrrole nitrogens is 1. The van der Waals surface area contributed by atoms with Gasteiger partial charge in [0.2, 0.25) is 0 Å². The number of hydrogen-bond donors (Lipinski definition) is 1. The van der Waals surface area contributed by atoms with Crippen molar-refractivity contribution in [2.24, 2.45) is 0 Å². The van der Waals surface area contributed by atoms with Gasteiger partial charge in [0.1, 0.15) is 10.5 Å². The fourth-order valence-electron chi connectivity index (χ4n) is 2.45. The highest BCUT2D eigenvalue weighted by molar-refractivity contribution is 7.71. The molecule has 0 amide bonds. The molecule has 0 saturated heterocycles. The van der Waals surface area contributed by atoms with E-state index in [1.165, 1.54) is 0 Å². The second kappa shape index (κ2) is 5.74. The summed E-state index contributed by atoms with van der Waals surface area (Å²) in [7, 11) is 0. The molecular formula is C17H17N3S. The van der Waals surface area contributed by atoms with Crippen LogP contribution in [0.5, 0.6) is 0 Å². The molecule has 2 heterocycles. The van der Waals surface area contributed by atoms with Crippen molar-refractivity contribution >= 4 is 23.1 Å². The molecule has 0 saturated carbocycles. The van der Waals surface area contributed by atoms with Crippen LogP contribution < -0.4 is 0 Å². The van der Waals surface area contributed by atoms with Gasteiger partial charge in [0.25, 0.3) is 0 Å². The van der Waals surface area contributed by atoms with Gasteiger partial charge in [-0.15, -0.1) is 0 Å². The maximum atomic E-state index is 5.39. The van der Waals surface area contributed by atoms with E-state index in [9.17, 15) is 0 Å². The molecule has 0 fully saturated rings. The molecule has 1 N–H and O–H groups in total. The highest BCUT2D eigenvalue weighted by Crippen LogP contribution is 2.25. The van der Waals surface area contributed by atoms with Gasteiger partial charge in [-0.05, 0) is 25.5 Å². The minimum absolute atomic E-state index is 0.674. The summed E-state index contributed by atoms with van der Waals surface area (Å²) in [4.78, 5) is 12.3. The zero-order chi connectivity index (χ0) is 14.8. The first kappa shape index (κ1) is 13.9. The highest BCUT2D eigenvalue weighted by Gasteiger charge is 2.08. The van der Waals surface area contributed by atoms with Crippen molar-refractivity contribution in [3.8, 4) is 11.3 Å². The van der Waals surface area contributed by atoms with Crippen LogP contribution in [0.3, 0.4) is 0 Å². The Balaban J connectivity index is 2.19. The molecule has 3 aromatic rings. The quantitative estimate of drug-likeness (QED) is 0.717. The Labute approximate surface area is 129 Å². The average Bonchev–Trinajstić information content (AvgIpc) is 2.50. The Morgan fingerprint density at radius 3 is 2.90 bits per heavy atom. The van der Waals surface area contributed by atoms with E-state index in [1.54, 1.807) is 0 Å². The summed E-state index contributed by atoms with van der Waals surface area (Å²) < 4.78 is 0.674. The lowest BCUT2D eigenvalue weighted by Crippen LogP contribution is -2.00. The predicted octanol–water partition coefficient (Wildman–Crippen LogP) is 4.62. The molecule has 1 aromatic carbocycles. The highest BCUT2D eigenvalue weighted by atomic mass is 32.1. The second-order valence-electron chi connectivity index (χ2n) is 5.15. The van der Waals surface area contributed by atoms with Crippen LogP contribution in [-0.2, 0) is 6.42 Å². The second-order valence-corrected chi connectivity index (χ2v) is 5.54. The molecule has 0 radical (unpaired) electrons. The number of pyridine rings is 1. The zero-order valence-corrected chi connectivity index (χ0v) is 13.0. The van der Waals surface area contributed by atoms with E-state index >= 15 is 0 Å². The number of benzene rings is 1. The van der Waals surface area contributed by atoms with Crippen molar-refractivity contribution in [1.29, 1.82) is 0 Å². The molecule has 3 nitrogen and oxygen atoms in total. The third-order valence-electron chi connectivity index (χ3n) is 3.58. The first-order valence-corrected chi connectivity index (χ1v) is 7.55. The van der Waals surface area contributed by atoms with Crippen LogP contribution in [-0.4, -0.2) is 15.0 Å². The Kier molecular flexibility index (Phi) is 3.80. The van der Waals surface area contributed by atoms with Crippen LogP contribution in [0.2, 0.25) is 0 Å². The van der Waals surface area contributed by atoms with Gasteiger partial charge in [0.15, 0.2) is 0 Å². The van der Waals surface area contributed by atoms with Crippen LogP contribution >= 0.6 is 12.2 Å². The molecule has 3 rings (SSSR count). The van der Waals surface area contributed by atoms with E-state index in [0.717, 1.165) is 46.4 Å². The van der Waals surface area contributed by atoms with E-state index in [2.05, 4.69) is 46.1 Å². The largest absolute Gasteiger partial charge is 0.343 e. The van der Waals surface area contributed by atoms with Crippen molar-refractivity contribution in [3.63, 3.8) is 0 Å². The summed E-state index contributed by atoms with van der Waals surface area (Å²) in [5, 5.41) is 1.14. The SMILES string of the molecule is CCCc1nc(=S)c(C)c(-c2ccc3cccnc3c2)[nH]1. The lowest BCUT2D eigenvalue weighted by Gasteiger charge is -2.10. The molecular weight excluding hydrogens is 278 g/mol. The van der Waals surface area contributed by atoms with Gasteiger partial charge in [-0.1, -0.05) is 37.3 Å². The normalized spacial score (nSPS) is 11.0. The first-order chi connectivity index (χ1) is 10.2. The van der Waals surface area contributed by atoms with Crippen molar-refractivity contribution in [1.82, 2.24) is 15.0 Å². The summed E-state index contributed by atoms with van der Waals surface area (Å²) in [5.74, 6) is 0.948. The Hall–Kier alpha value is -2.07. The predicted molar refractivity (Wildman–Crippen MR) is 88.9 cm³/mol. The van der Waals surface area contributed by atoms with E-state index < -0.39 is 0 Å². The van der Waals surface area contributed by atoms with Crippen LogP contribution in [0.15, 0.2) is 36.5 Å². The third kappa shape index (κ3) is 2.72. The molecule has 0 aliphatic heterocycles. The van der Waals surface area contributed by atoms with Gasteiger partial charge >= 0.3 is 0 Å². The molecule has 2 aromatic heterocycles. The number of fused-ring (bicyclic) bond motifs is 1. The summed E-state index contributed by atoms with van der Waals surface area (Å²) in [6.07, 6.45) is 3.76. The molecule has 0 spiro atoms. The molecule has 0 atom stereocenters. The molecule has 0 bridgehead atoms. The van der Waals surface area contributed by atoms with Crippen LogP contribution in [0.25, 0.3) is 22.2 Å². The Morgan fingerprint density at radius 1 is 1.24 bits per heavy atom. The summed E-state index contributed by atoms with van der Waals surface area (Å²) in [6, 6.07) is 10.3. The van der Waals surface area contributed by atoms with E-state index in [0.29, 0.717) is 4.64 Å². The molecule has 0 aliphatic carbocycles. The van der Waals surface area contributed by atoms with Gasteiger partial charge in [-0.2, -0.15) is 0 Å². The van der Waals surface area contributed by atoms with Crippen molar-refractivity contribution in [3.05, 3.63) is 52.6 Å². The Bertz CT molecular complexity index is 852. The van der Waals surface area contributed by atoms with Crippen LogP contribution in [0.1, 0.15) is 24.7 Å². The number of aryl methyl sites for hydroxylation is 1. The van der Waals surface area contributed by atoms with E-state index in [1.807, 2.05) is 19.2 Å². The van der Waals surface area contributed by atoms with Gasteiger partial charge in [0, 0.05) is 29.1 Å². The van der Waals surface area contributed by atoms with Gasteiger partial charge < -0.3 is 4.98 Å². The molecule has 0 unspecified atom stereocenters. The summed E-state index contributed by atoms with van der Waals surface area (Å²) in [6.45, 7) is 4.15. The Morgan fingerprint density at radius 2 is 2.10 bits per heavy atom. The summed E-state index contributed by atoms with van der Waals surface area (Å²) >= 11 is 5.39. The number of rotatable bonds is 3. The zero-order valence-electron chi connectivity index (χ0n) is 12.2. The average molecular weight is 295 g/mol. The number of aromatic nitrogens is 3.